The molecule has 0 aliphatic heterocycles. The van der Waals surface area contributed by atoms with E-state index in [-0.39, 0.29) is 0 Å². The number of nitrogens with zero attached hydrogens (tertiary/aromatic N) is 1. The van der Waals surface area contributed by atoms with Crippen molar-refractivity contribution in [3.63, 3.8) is 0 Å². The Labute approximate surface area is 80.3 Å². The lowest BCUT2D eigenvalue weighted by molar-refractivity contribution is 0.436. The summed E-state index contributed by atoms with van der Waals surface area (Å²) in [4.78, 5) is 2.33. The first-order valence-electron chi connectivity index (χ1n) is 4.96. The van der Waals surface area contributed by atoms with Crippen LogP contribution in [0.5, 0.6) is 0 Å². The minimum atomic E-state index is 0.737. The van der Waals surface area contributed by atoms with Gasteiger partial charge in [0.2, 0.25) is 0 Å². The van der Waals surface area contributed by atoms with Gasteiger partial charge in [-0.1, -0.05) is 32.4 Å². The fourth-order valence-electron chi connectivity index (χ4n) is 0.969. The van der Waals surface area contributed by atoms with E-state index in [4.69, 9.17) is 0 Å². The summed E-state index contributed by atoms with van der Waals surface area (Å²) in [5, 5.41) is 1.61. The molecule has 0 unspecified atom stereocenters. The van der Waals surface area contributed by atoms with Gasteiger partial charge in [-0.25, -0.2) is 0 Å². The molecule has 0 saturated carbocycles. The molecule has 0 aromatic heterocycles. The van der Waals surface area contributed by atoms with Crippen LogP contribution in [0.15, 0.2) is 11.4 Å². The topological polar surface area (TPSA) is 3.24 Å². The fraction of sp³-hybridized carbons (Fsp3) is 0.800. The first-order valence-corrected chi connectivity index (χ1v) is 5.96. The largest absolute Gasteiger partial charge is 0.381 e. The van der Waals surface area contributed by atoms with E-state index < -0.39 is 0 Å². The van der Waals surface area contributed by atoms with E-state index >= 15 is 0 Å². The van der Waals surface area contributed by atoms with E-state index in [2.05, 4.69) is 38.9 Å². The van der Waals surface area contributed by atoms with Gasteiger partial charge in [0.15, 0.2) is 0 Å². The Morgan fingerprint density at radius 3 is 2.50 bits per heavy atom. The maximum absolute atomic E-state index is 2.33. The van der Waals surface area contributed by atoms with Gasteiger partial charge in [-0.15, -0.1) is 0 Å². The molecule has 2 heteroatoms. The maximum Gasteiger partial charge on any atom is 0.0355 e. The van der Waals surface area contributed by atoms with E-state index in [1.54, 1.807) is 5.20 Å². The summed E-state index contributed by atoms with van der Waals surface area (Å²) in [6.45, 7) is 7.98. The van der Waals surface area contributed by atoms with Gasteiger partial charge in [0, 0.05) is 23.8 Å². The van der Waals surface area contributed by atoms with Crippen molar-refractivity contribution in [2.24, 2.45) is 5.92 Å². The molecule has 0 amide bonds. The molecule has 0 aromatic carbocycles. The zero-order valence-corrected chi connectivity index (χ0v) is 11.2. The average Bonchev–Trinajstić information content (AvgIpc) is 2.00. The lowest BCUT2D eigenvalue weighted by Crippen LogP contribution is -2.14. The van der Waals surface area contributed by atoms with Crippen molar-refractivity contribution in [1.29, 1.82) is 0 Å². The van der Waals surface area contributed by atoms with Crippen LogP contribution >= 0.6 is 0 Å². The van der Waals surface area contributed by atoms with E-state index in [1.807, 2.05) is 0 Å². The highest BCUT2D eigenvalue weighted by atomic mass is 28.1. The molecule has 0 N–H and O–H groups in total. The third-order valence-electron chi connectivity index (χ3n) is 2.20. The van der Waals surface area contributed by atoms with Crippen LogP contribution in [0.25, 0.3) is 0 Å². The summed E-state index contributed by atoms with van der Waals surface area (Å²) in [5.74, 6) is 0.737. The summed E-state index contributed by atoms with van der Waals surface area (Å²) in [6.07, 6.45) is 4.92. The third-order valence-corrected chi connectivity index (χ3v) is 3.61. The molecule has 0 fully saturated rings. The quantitative estimate of drug-likeness (QED) is 0.588. The molecule has 0 bridgehead atoms. The third kappa shape index (κ3) is 5.41. The Morgan fingerprint density at radius 2 is 2.08 bits per heavy atom. The van der Waals surface area contributed by atoms with Gasteiger partial charge < -0.3 is 4.90 Å². The van der Waals surface area contributed by atoms with Gasteiger partial charge in [-0.3, -0.25) is 0 Å². The summed E-state index contributed by atoms with van der Waals surface area (Å²) in [7, 11) is 3.38. The van der Waals surface area contributed by atoms with Gasteiger partial charge >= 0.3 is 0 Å². The first-order chi connectivity index (χ1) is 5.57. The molecule has 0 spiro atoms. The standard InChI is InChI=1S/C10H23NSi/c1-5-6-7-11(4)8-10(12)9(2)3/h8-9H,5-7H2,1-4,12H3. The number of hydrogen-bond donors (Lipinski definition) is 0. The van der Waals surface area contributed by atoms with E-state index in [0.29, 0.717) is 0 Å². The normalized spacial score (nSPS) is 12.6. The molecule has 0 aromatic rings. The van der Waals surface area contributed by atoms with Crippen molar-refractivity contribution in [3.05, 3.63) is 11.4 Å². The van der Waals surface area contributed by atoms with Crippen LogP contribution in [0.2, 0.25) is 0 Å². The smallest absolute Gasteiger partial charge is 0.0355 e. The second-order valence-corrected chi connectivity index (χ2v) is 5.02. The SMILES string of the molecule is CCCCN(C)C=C([SiH3])C(C)C. The van der Waals surface area contributed by atoms with Crippen LogP contribution in [-0.2, 0) is 0 Å². The zero-order valence-electron chi connectivity index (χ0n) is 9.22. The van der Waals surface area contributed by atoms with Gasteiger partial charge in [-0.2, -0.15) is 0 Å². The molecule has 0 atom stereocenters. The van der Waals surface area contributed by atoms with Crippen molar-refractivity contribution < 1.29 is 0 Å². The molecule has 0 aliphatic rings. The van der Waals surface area contributed by atoms with Crippen molar-refractivity contribution in [2.75, 3.05) is 13.6 Å². The highest BCUT2D eigenvalue weighted by Crippen LogP contribution is 2.05. The van der Waals surface area contributed by atoms with E-state index in [0.717, 1.165) is 5.92 Å². The van der Waals surface area contributed by atoms with Crippen LogP contribution in [0.4, 0.5) is 0 Å². The highest BCUT2D eigenvalue weighted by Gasteiger charge is 1.97. The monoisotopic (exact) mass is 185 g/mol. The zero-order chi connectivity index (χ0) is 9.56. The Balaban J connectivity index is 3.79. The second kappa shape index (κ2) is 6.29. The lowest BCUT2D eigenvalue weighted by atomic mass is 10.2. The molecule has 0 radical (unpaired) electrons. The molecular weight excluding hydrogens is 162 g/mol. The Morgan fingerprint density at radius 1 is 1.50 bits per heavy atom. The molecule has 72 valence electrons. The Kier molecular flexibility index (Phi) is 6.16. The van der Waals surface area contributed by atoms with Gasteiger partial charge in [0.25, 0.3) is 0 Å². The van der Waals surface area contributed by atoms with Crippen LogP contribution in [0, 0.1) is 5.92 Å². The molecule has 1 nitrogen and oxygen atoms in total. The number of allylic oxidation sites excluding steroid dienone is 1. The van der Waals surface area contributed by atoms with Crippen LogP contribution < -0.4 is 0 Å². The van der Waals surface area contributed by atoms with Crippen molar-refractivity contribution in [1.82, 2.24) is 4.90 Å². The summed E-state index contributed by atoms with van der Waals surface area (Å²) >= 11 is 0. The molecule has 0 aliphatic carbocycles. The Bertz CT molecular complexity index is 141. The minimum Gasteiger partial charge on any atom is -0.381 e. The maximum atomic E-state index is 2.33. The molecule has 12 heavy (non-hydrogen) atoms. The van der Waals surface area contributed by atoms with Crippen LogP contribution in [-0.4, -0.2) is 28.7 Å². The predicted molar refractivity (Wildman–Crippen MR) is 60.4 cm³/mol. The van der Waals surface area contributed by atoms with E-state index in [9.17, 15) is 0 Å². The van der Waals surface area contributed by atoms with E-state index in [1.165, 1.54) is 29.6 Å². The van der Waals surface area contributed by atoms with Gasteiger partial charge in [-0.05, 0) is 18.5 Å². The van der Waals surface area contributed by atoms with Crippen molar-refractivity contribution >= 4 is 10.2 Å². The number of hydrogen-bond acceptors (Lipinski definition) is 1. The van der Waals surface area contributed by atoms with Crippen molar-refractivity contribution in [2.45, 2.75) is 33.6 Å². The fourth-order valence-corrected chi connectivity index (χ4v) is 1.41. The molecule has 0 rings (SSSR count). The first kappa shape index (κ1) is 11.8. The molecule has 0 heterocycles. The predicted octanol–water partition coefficient (Wildman–Crippen LogP) is 1.58. The van der Waals surface area contributed by atoms with Crippen LogP contribution in [0.3, 0.4) is 0 Å². The minimum absolute atomic E-state index is 0.737. The summed E-state index contributed by atoms with van der Waals surface area (Å²) < 4.78 is 0. The number of unbranched alkanes of at least 4 members (excludes halogenated alkanes) is 1. The van der Waals surface area contributed by atoms with Crippen molar-refractivity contribution in [3.8, 4) is 0 Å². The summed E-state index contributed by atoms with van der Waals surface area (Å²) in [6, 6.07) is 0. The lowest BCUT2D eigenvalue weighted by Gasteiger charge is -2.16. The summed E-state index contributed by atoms with van der Waals surface area (Å²) in [5.41, 5.74) is 0. The molecule has 0 saturated heterocycles. The highest BCUT2D eigenvalue weighted by molar-refractivity contribution is 6.21. The molecular formula is C10H23NSi. The Hall–Kier alpha value is -0.243. The number of rotatable bonds is 5. The average molecular weight is 185 g/mol. The second-order valence-electron chi connectivity index (χ2n) is 3.86. The van der Waals surface area contributed by atoms with Gasteiger partial charge in [0.1, 0.15) is 0 Å². The van der Waals surface area contributed by atoms with Gasteiger partial charge in [0.05, 0.1) is 0 Å². The van der Waals surface area contributed by atoms with Crippen LogP contribution in [0.1, 0.15) is 33.6 Å².